The average Bonchev–Trinajstić information content (AvgIpc) is 3.49. The second-order valence-corrected chi connectivity index (χ2v) is 10.2. The zero-order valence-corrected chi connectivity index (χ0v) is 24.9. The summed E-state index contributed by atoms with van der Waals surface area (Å²) in [4.78, 5) is 17.0. The Morgan fingerprint density at radius 3 is 2.12 bits per heavy atom. The number of thioether (sulfide) groups is 1. The SMILES string of the molecule is O=C(O)c1cc(-c2ccccc2)[n+](C/C(=N/N=C2/N=C(c3ccccc3)CS2)c2ccccc2)c2ccccc12.[I-]. The van der Waals surface area contributed by atoms with E-state index in [1.165, 1.54) is 0 Å². The molecular weight excluding hydrogens is 643 g/mol. The van der Waals surface area contributed by atoms with Crippen molar-refractivity contribution in [1.29, 1.82) is 0 Å². The summed E-state index contributed by atoms with van der Waals surface area (Å²) < 4.78 is 2.11. The van der Waals surface area contributed by atoms with Gasteiger partial charge in [-0.25, -0.2) is 9.79 Å². The van der Waals surface area contributed by atoms with Crippen LogP contribution < -0.4 is 28.5 Å². The largest absolute Gasteiger partial charge is 1.00 e. The zero-order valence-electron chi connectivity index (χ0n) is 21.9. The van der Waals surface area contributed by atoms with Gasteiger partial charge in [0.2, 0.25) is 16.4 Å². The molecular formula is C33H25IN4O2S. The standard InChI is InChI=1S/C33H24N4O2S.HI/c38-32(39)27-20-31(25-16-8-3-9-17-25)37(30-19-11-10-18-26(27)30)21-28(23-12-4-1-5-13-23)35-36-33-34-29(22-40-33)24-14-6-2-7-15-24;/h1-20H,21-22H2;1H/b35-28-,36-33-;. The molecule has 6 rings (SSSR count). The maximum atomic E-state index is 12.3. The molecule has 1 aromatic heterocycles. The maximum absolute atomic E-state index is 12.3. The molecule has 0 radical (unpaired) electrons. The van der Waals surface area contributed by atoms with Crippen molar-refractivity contribution in [1.82, 2.24) is 0 Å². The number of carbonyl (C=O) groups is 1. The highest BCUT2D eigenvalue weighted by atomic mass is 127. The van der Waals surface area contributed by atoms with Gasteiger partial charge in [-0.2, -0.15) is 4.57 Å². The van der Waals surface area contributed by atoms with E-state index in [1.807, 2.05) is 103 Å². The van der Waals surface area contributed by atoms with Crippen molar-refractivity contribution in [2.45, 2.75) is 6.54 Å². The van der Waals surface area contributed by atoms with Crippen molar-refractivity contribution in [3.8, 4) is 11.3 Å². The number of pyridine rings is 1. The van der Waals surface area contributed by atoms with Crippen molar-refractivity contribution in [2.75, 3.05) is 5.75 Å². The Labute approximate surface area is 259 Å². The number of aliphatic imine (C=N–C) groups is 1. The van der Waals surface area contributed by atoms with E-state index in [9.17, 15) is 9.90 Å². The van der Waals surface area contributed by atoms with E-state index in [-0.39, 0.29) is 29.5 Å². The topological polar surface area (TPSA) is 78.3 Å². The van der Waals surface area contributed by atoms with Gasteiger partial charge in [0.25, 0.3) is 0 Å². The van der Waals surface area contributed by atoms with Crippen molar-refractivity contribution >= 4 is 45.2 Å². The first kappa shape index (κ1) is 28.4. The summed E-state index contributed by atoms with van der Waals surface area (Å²) in [5, 5.41) is 20.6. The summed E-state index contributed by atoms with van der Waals surface area (Å²) >= 11 is 1.56. The molecule has 4 aromatic carbocycles. The number of para-hydroxylation sites is 1. The van der Waals surface area contributed by atoms with E-state index in [2.05, 4.69) is 21.8 Å². The molecule has 0 amide bonds. The normalized spacial score (nSPS) is 14.1. The van der Waals surface area contributed by atoms with Gasteiger partial charge in [-0.05, 0) is 23.8 Å². The van der Waals surface area contributed by atoms with Crippen LogP contribution in [0.5, 0.6) is 0 Å². The molecule has 0 saturated heterocycles. The molecule has 6 nitrogen and oxygen atoms in total. The Balaban J connectivity index is 0.00000337. The molecule has 0 saturated carbocycles. The Kier molecular flexibility index (Phi) is 9.01. The number of rotatable bonds is 7. The number of carboxylic acids is 1. The van der Waals surface area contributed by atoms with Crippen molar-refractivity contribution in [3.05, 3.63) is 138 Å². The fourth-order valence-electron chi connectivity index (χ4n) is 4.76. The number of amidine groups is 1. The highest BCUT2D eigenvalue weighted by molar-refractivity contribution is 8.15. The Morgan fingerprint density at radius 1 is 0.829 bits per heavy atom. The summed E-state index contributed by atoms with van der Waals surface area (Å²) in [6.45, 7) is 0.380. The van der Waals surface area contributed by atoms with Gasteiger partial charge in [-0.15, -0.1) is 10.2 Å². The van der Waals surface area contributed by atoms with Gasteiger partial charge >= 0.3 is 5.97 Å². The molecule has 2 heterocycles. The second-order valence-electron chi connectivity index (χ2n) is 9.23. The van der Waals surface area contributed by atoms with Gasteiger partial charge < -0.3 is 29.1 Å². The van der Waals surface area contributed by atoms with Crippen molar-refractivity contribution in [3.63, 3.8) is 0 Å². The minimum Gasteiger partial charge on any atom is -1.00 e. The number of fused-ring (bicyclic) bond motifs is 1. The molecule has 1 N–H and O–H groups in total. The molecule has 0 bridgehead atoms. The van der Waals surface area contributed by atoms with Crippen molar-refractivity contribution < 1.29 is 38.4 Å². The predicted octanol–water partition coefficient (Wildman–Crippen LogP) is 3.49. The lowest BCUT2D eigenvalue weighted by atomic mass is 10.0. The molecule has 0 atom stereocenters. The minimum atomic E-state index is -0.964. The lowest BCUT2D eigenvalue weighted by Crippen LogP contribution is -3.00. The number of halogens is 1. The molecule has 202 valence electrons. The van der Waals surface area contributed by atoms with Crippen LogP contribution in [0.25, 0.3) is 22.2 Å². The number of nitrogens with zero attached hydrogens (tertiary/aromatic N) is 4. The molecule has 0 aliphatic carbocycles. The molecule has 0 fully saturated rings. The van der Waals surface area contributed by atoms with Crippen LogP contribution in [0.4, 0.5) is 0 Å². The van der Waals surface area contributed by atoms with E-state index >= 15 is 0 Å². The van der Waals surface area contributed by atoms with Crippen LogP contribution in [-0.2, 0) is 6.54 Å². The quantitative estimate of drug-likeness (QED) is 0.125. The number of aromatic carboxylic acids is 1. The summed E-state index contributed by atoms with van der Waals surface area (Å²) in [5.41, 5.74) is 6.50. The highest BCUT2D eigenvalue weighted by Gasteiger charge is 2.25. The van der Waals surface area contributed by atoms with Crippen LogP contribution in [0.15, 0.2) is 137 Å². The Bertz CT molecular complexity index is 1790. The first-order valence-electron chi connectivity index (χ1n) is 12.9. The Morgan fingerprint density at radius 2 is 1.44 bits per heavy atom. The lowest BCUT2D eigenvalue weighted by Gasteiger charge is -2.11. The molecule has 8 heteroatoms. The number of aromatic nitrogens is 1. The molecule has 1 aliphatic heterocycles. The monoisotopic (exact) mass is 668 g/mol. The first-order valence-corrected chi connectivity index (χ1v) is 13.9. The fraction of sp³-hybridized carbons (Fsp3) is 0.0606. The highest BCUT2D eigenvalue weighted by Crippen LogP contribution is 2.24. The number of benzene rings is 4. The first-order chi connectivity index (χ1) is 19.7. The van der Waals surface area contributed by atoms with Crippen LogP contribution >= 0.6 is 11.8 Å². The van der Waals surface area contributed by atoms with E-state index in [0.717, 1.165) is 45.1 Å². The van der Waals surface area contributed by atoms with Crippen LogP contribution in [0, 0.1) is 0 Å². The molecule has 41 heavy (non-hydrogen) atoms. The van der Waals surface area contributed by atoms with Gasteiger partial charge in [-0.3, -0.25) is 0 Å². The van der Waals surface area contributed by atoms with Gasteiger partial charge in [0, 0.05) is 29.0 Å². The minimum absolute atomic E-state index is 0. The second kappa shape index (κ2) is 13.0. The van der Waals surface area contributed by atoms with Crippen LogP contribution in [0.1, 0.15) is 21.5 Å². The number of hydrogen-bond donors (Lipinski definition) is 1. The van der Waals surface area contributed by atoms with Gasteiger partial charge in [-0.1, -0.05) is 103 Å². The van der Waals surface area contributed by atoms with Gasteiger partial charge in [0.05, 0.1) is 16.7 Å². The number of hydrogen-bond acceptors (Lipinski definition) is 4. The lowest BCUT2D eigenvalue weighted by molar-refractivity contribution is -0.644. The van der Waals surface area contributed by atoms with E-state index < -0.39 is 5.97 Å². The van der Waals surface area contributed by atoms with Crippen LogP contribution in [0.2, 0.25) is 0 Å². The maximum Gasteiger partial charge on any atom is 0.336 e. The van der Waals surface area contributed by atoms with Gasteiger partial charge in [0.1, 0.15) is 5.71 Å². The smallest absolute Gasteiger partial charge is 0.336 e. The third-order valence-electron chi connectivity index (χ3n) is 6.70. The summed E-state index contributed by atoms with van der Waals surface area (Å²) in [7, 11) is 0. The number of carboxylic acid groups (broad SMARTS) is 1. The van der Waals surface area contributed by atoms with Crippen LogP contribution in [0.3, 0.4) is 0 Å². The van der Waals surface area contributed by atoms with E-state index in [0.29, 0.717) is 17.1 Å². The summed E-state index contributed by atoms with van der Waals surface area (Å²) in [6, 6.07) is 39.2. The Hall–Kier alpha value is -4.15. The van der Waals surface area contributed by atoms with Crippen molar-refractivity contribution in [2.24, 2.45) is 15.2 Å². The zero-order chi connectivity index (χ0) is 27.3. The third kappa shape index (κ3) is 6.28. The molecule has 5 aromatic rings. The van der Waals surface area contributed by atoms with Crippen LogP contribution in [-0.4, -0.2) is 33.4 Å². The van der Waals surface area contributed by atoms with Gasteiger partial charge in [0.15, 0.2) is 6.54 Å². The summed E-state index contributed by atoms with van der Waals surface area (Å²) in [6.07, 6.45) is 0. The molecule has 1 aliphatic rings. The molecule has 0 spiro atoms. The third-order valence-corrected chi connectivity index (χ3v) is 7.55. The predicted molar refractivity (Wildman–Crippen MR) is 162 cm³/mol. The van der Waals surface area contributed by atoms with E-state index in [4.69, 9.17) is 10.1 Å². The molecule has 0 unspecified atom stereocenters. The summed E-state index contributed by atoms with van der Waals surface area (Å²) in [5.74, 6) is -0.220. The average molecular weight is 669 g/mol. The van der Waals surface area contributed by atoms with E-state index in [1.54, 1.807) is 17.8 Å². The fourth-order valence-corrected chi connectivity index (χ4v) is 5.53.